The van der Waals surface area contributed by atoms with Crippen molar-refractivity contribution in [2.45, 2.75) is 74.9 Å². The third-order valence-corrected chi connectivity index (χ3v) is 9.31. The Morgan fingerprint density at radius 3 is 2.12 bits per heavy atom. The van der Waals surface area contributed by atoms with Crippen LogP contribution < -0.4 is 0 Å². The molecule has 0 spiro atoms. The van der Waals surface area contributed by atoms with Gasteiger partial charge in [0.05, 0.1) is 29.4 Å². The summed E-state index contributed by atoms with van der Waals surface area (Å²) in [6, 6.07) is 20.8. The predicted molar refractivity (Wildman–Crippen MR) is 162 cm³/mol. The molecule has 3 heterocycles. The molecule has 48 heavy (non-hydrogen) atoms. The molecule has 4 atom stereocenters. The monoisotopic (exact) mass is 672 g/mol. The van der Waals surface area contributed by atoms with E-state index in [1.807, 2.05) is 60.7 Å². The highest BCUT2D eigenvalue weighted by Crippen LogP contribution is 2.57. The van der Waals surface area contributed by atoms with Crippen molar-refractivity contribution in [3.8, 4) is 0 Å². The summed E-state index contributed by atoms with van der Waals surface area (Å²) in [6.45, 7) is -0.0504. The normalized spacial score (nSPS) is 23.0. The molecule has 0 radical (unpaired) electrons. The number of amides is 1. The molecule has 6 rings (SSSR count). The van der Waals surface area contributed by atoms with E-state index in [0.717, 1.165) is 11.1 Å². The van der Waals surface area contributed by atoms with Crippen LogP contribution in [0.1, 0.15) is 58.8 Å². The van der Waals surface area contributed by atoms with Crippen LogP contribution >= 0.6 is 0 Å². The summed E-state index contributed by atoms with van der Waals surface area (Å²) in [5.74, 6) is -0.000742. The fraction of sp³-hybridized carbons (Fsp3) is 0.412. The first-order valence-corrected chi connectivity index (χ1v) is 15.5. The molecular weight excluding hydrogens is 638 g/mol. The maximum Gasteiger partial charge on any atom is 0.416 e. The zero-order valence-corrected chi connectivity index (χ0v) is 26.2. The second-order valence-corrected chi connectivity index (χ2v) is 12.5. The van der Waals surface area contributed by atoms with E-state index in [4.69, 9.17) is 4.74 Å². The Morgan fingerprint density at radius 1 is 0.896 bits per heavy atom. The first-order valence-electron chi connectivity index (χ1n) is 15.5. The fourth-order valence-electron chi connectivity index (χ4n) is 7.09. The average molecular weight is 673 g/mol. The van der Waals surface area contributed by atoms with Gasteiger partial charge in [0.15, 0.2) is 5.82 Å². The van der Waals surface area contributed by atoms with Gasteiger partial charge in [0.2, 0.25) is 5.91 Å². The van der Waals surface area contributed by atoms with E-state index >= 15 is 0 Å². The van der Waals surface area contributed by atoms with Crippen molar-refractivity contribution in [2.75, 3.05) is 14.1 Å². The Hall–Kier alpha value is -4.30. The first-order chi connectivity index (χ1) is 22.8. The standard InChI is InChI=1S/C34H34F6N6O2/c1-44(2)30(47)20-46-42-31(41-43-46)27-18-32(24-11-7-4-8-12-24)29(14-13-28(27)45(32)19-22-9-5-3-6-10-22)48-21-23-15-25(33(35,36)37)17-26(16-23)34(38,39)40/h3-12,15-17,27-29H,13-14,18-21H2,1-2H3/t27-,28+,29-,32-/m1/s1. The number of benzene rings is 3. The van der Waals surface area contributed by atoms with Crippen LogP contribution in [0, 0.1) is 0 Å². The Morgan fingerprint density at radius 2 is 1.52 bits per heavy atom. The molecule has 3 aromatic carbocycles. The van der Waals surface area contributed by atoms with Gasteiger partial charge in [0.1, 0.15) is 6.54 Å². The molecule has 254 valence electrons. The average Bonchev–Trinajstić information content (AvgIpc) is 3.59. The van der Waals surface area contributed by atoms with Crippen molar-refractivity contribution in [1.82, 2.24) is 30.0 Å². The Kier molecular flexibility index (Phi) is 9.07. The van der Waals surface area contributed by atoms with Crippen LogP contribution in [-0.4, -0.2) is 62.2 Å². The number of fused-ring (bicyclic) bond motifs is 2. The minimum Gasteiger partial charge on any atom is -0.371 e. The van der Waals surface area contributed by atoms with Crippen molar-refractivity contribution in [1.29, 1.82) is 0 Å². The number of hydrogen-bond donors (Lipinski definition) is 0. The molecule has 4 aromatic rings. The number of halogens is 6. The molecule has 2 bridgehead atoms. The molecule has 0 saturated carbocycles. The van der Waals surface area contributed by atoms with Gasteiger partial charge in [-0.2, -0.15) is 31.1 Å². The van der Waals surface area contributed by atoms with Crippen LogP contribution in [-0.2, 0) is 47.1 Å². The van der Waals surface area contributed by atoms with E-state index in [2.05, 4.69) is 20.3 Å². The van der Waals surface area contributed by atoms with Crippen LogP contribution in [0.15, 0.2) is 78.9 Å². The molecule has 1 amide bonds. The lowest BCUT2D eigenvalue weighted by molar-refractivity contribution is -0.143. The quantitative estimate of drug-likeness (QED) is 0.191. The smallest absolute Gasteiger partial charge is 0.371 e. The highest BCUT2D eigenvalue weighted by Gasteiger charge is 2.61. The second-order valence-electron chi connectivity index (χ2n) is 12.5. The molecule has 2 fully saturated rings. The number of hydrogen-bond acceptors (Lipinski definition) is 6. The molecular formula is C34H34F6N6O2. The van der Waals surface area contributed by atoms with Gasteiger partial charge in [-0.3, -0.25) is 9.69 Å². The van der Waals surface area contributed by atoms with Crippen LogP contribution in [0.5, 0.6) is 0 Å². The number of nitrogens with zero attached hydrogens (tertiary/aromatic N) is 6. The minimum absolute atomic E-state index is 0.0857. The lowest BCUT2D eigenvalue weighted by atomic mass is 9.78. The molecule has 0 unspecified atom stereocenters. The lowest BCUT2D eigenvalue weighted by Gasteiger charge is -2.50. The number of rotatable bonds is 9. The van der Waals surface area contributed by atoms with Crippen molar-refractivity contribution < 1.29 is 35.9 Å². The number of likely N-dealkylation sites (N-methyl/N-ethyl adjacent to an activating group) is 1. The largest absolute Gasteiger partial charge is 0.416 e. The molecule has 0 aliphatic carbocycles. The highest BCUT2D eigenvalue weighted by molar-refractivity contribution is 5.75. The summed E-state index contributed by atoms with van der Waals surface area (Å²) in [4.78, 5) is 17.4. The lowest BCUT2D eigenvalue weighted by Crippen LogP contribution is -2.56. The minimum atomic E-state index is -4.97. The summed E-state index contributed by atoms with van der Waals surface area (Å²) in [5.41, 5.74) is -1.92. The van der Waals surface area contributed by atoms with Gasteiger partial charge in [0.25, 0.3) is 0 Å². The van der Waals surface area contributed by atoms with Gasteiger partial charge >= 0.3 is 12.4 Å². The first kappa shape index (κ1) is 33.6. The number of piperidine rings is 1. The van der Waals surface area contributed by atoms with Crippen LogP contribution in [0.2, 0.25) is 0 Å². The number of alkyl halides is 6. The molecule has 2 aliphatic rings. The van der Waals surface area contributed by atoms with Crippen molar-refractivity contribution >= 4 is 5.91 Å². The number of aromatic nitrogens is 4. The Labute approximate surface area is 273 Å². The van der Waals surface area contributed by atoms with Gasteiger partial charge in [-0.25, -0.2) is 0 Å². The van der Waals surface area contributed by atoms with Crippen LogP contribution in [0.3, 0.4) is 0 Å². The van der Waals surface area contributed by atoms with Crippen LogP contribution in [0.4, 0.5) is 26.3 Å². The highest BCUT2D eigenvalue weighted by atomic mass is 19.4. The third kappa shape index (κ3) is 6.68. The summed E-state index contributed by atoms with van der Waals surface area (Å²) in [7, 11) is 3.27. The molecule has 14 heteroatoms. The Bertz CT molecular complexity index is 1700. The zero-order chi connectivity index (χ0) is 34.3. The van der Waals surface area contributed by atoms with Gasteiger partial charge in [0, 0.05) is 32.6 Å². The summed E-state index contributed by atoms with van der Waals surface area (Å²) >= 11 is 0. The molecule has 2 saturated heterocycles. The van der Waals surface area contributed by atoms with Crippen molar-refractivity contribution in [3.63, 3.8) is 0 Å². The molecule has 8 nitrogen and oxygen atoms in total. The molecule has 0 N–H and O–H groups in total. The summed E-state index contributed by atoms with van der Waals surface area (Å²) < 4.78 is 88.4. The summed E-state index contributed by atoms with van der Waals surface area (Å²) in [5, 5.41) is 13.1. The number of ether oxygens (including phenoxy) is 1. The van der Waals surface area contributed by atoms with Crippen molar-refractivity contribution in [3.05, 3.63) is 113 Å². The van der Waals surface area contributed by atoms with E-state index in [1.54, 1.807) is 14.1 Å². The zero-order valence-electron chi connectivity index (χ0n) is 26.2. The second kappa shape index (κ2) is 13.0. The maximum atomic E-state index is 13.7. The number of carbonyl (C=O) groups excluding carboxylic acids is 1. The van der Waals surface area contributed by atoms with E-state index in [-0.39, 0.29) is 36.0 Å². The Balaban J connectivity index is 1.40. The molecule has 1 aromatic heterocycles. The van der Waals surface area contributed by atoms with Gasteiger partial charge in [-0.05, 0) is 59.4 Å². The molecule has 2 aliphatic heterocycles. The van der Waals surface area contributed by atoms with Crippen LogP contribution in [0.25, 0.3) is 0 Å². The van der Waals surface area contributed by atoms with E-state index in [1.165, 1.54) is 9.70 Å². The number of tetrazole rings is 1. The van der Waals surface area contributed by atoms with E-state index < -0.39 is 41.7 Å². The SMILES string of the molecule is CN(C)C(=O)Cn1nnc([C@@H]2C[C@@]3(c4ccccc4)[C@H](OCc4cc(C(F)(F)F)cc(C(F)(F)F)c4)CC[C@@H]2N3Cc2ccccc2)n1. The van der Waals surface area contributed by atoms with Gasteiger partial charge in [-0.15, -0.1) is 10.2 Å². The predicted octanol–water partition coefficient (Wildman–Crippen LogP) is 6.43. The van der Waals surface area contributed by atoms with Gasteiger partial charge in [-0.1, -0.05) is 60.7 Å². The van der Waals surface area contributed by atoms with Crippen molar-refractivity contribution in [2.24, 2.45) is 0 Å². The topological polar surface area (TPSA) is 76.4 Å². The van der Waals surface area contributed by atoms with E-state index in [0.29, 0.717) is 43.8 Å². The fourth-order valence-corrected chi connectivity index (χ4v) is 7.09. The number of carbonyl (C=O) groups is 1. The van der Waals surface area contributed by atoms with Gasteiger partial charge < -0.3 is 9.64 Å². The summed E-state index contributed by atoms with van der Waals surface area (Å²) in [6.07, 6.45) is -9.02. The van der Waals surface area contributed by atoms with E-state index in [9.17, 15) is 31.1 Å². The third-order valence-electron chi connectivity index (χ3n) is 9.31. The maximum absolute atomic E-state index is 13.7.